The molecule has 0 saturated heterocycles. The van der Waals surface area contributed by atoms with Crippen LogP contribution in [0, 0.1) is 0 Å². The maximum atomic E-state index is 10.1. The summed E-state index contributed by atoms with van der Waals surface area (Å²) in [5.74, 6) is 1.47. The third-order valence-corrected chi connectivity index (χ3v) is 4.64. The number of phenols is 1. The van der Waals surface area contributed by atoms with Crippen molar-refractivity contribution in [3.8, 4) is 17.2 Å². The average Bonchev–Trinajstić information content (AvgIpc) is 2.53. The van der Waals surface area contributed by atoms with Crippen LogP contribution in [0.4, 0.5) is 0 Å². The second-order valence-corrected chi connectivity index (χ2v) is 6.36. The van der Waals surface area contributed by atoms with E-state index in [9.17, 15) is 5.11 Å². The standard InChI is InChI=1S/C18H26O3/c19-16-12-7-13-17(20-14-8-3-1-4-9-14)18(16)21-15-10-5-2-6-11-15/h7,12-15,19H,1-6,8-11H2. The van der Waals surface area contributed by atoms with Crippen molar-refractivity contribution in [1.29, 1.82) is 0 Å². The molecule has 0 atom stereocenters. The first-order chi connectivity index (χ1) is 10.3. The number of aromatic hydroxyl groups is 1. The zero-order valence-electron chi connectivity index (χ0n) is 12.7. The molecule has 0 radical (unpaired) electrons. The van der Waals surface area contributed by atoms with Gasteiger partial charge in [-0.3, -0.25) is 0 Å². The molecule has 0 bridgehead atoms. The lowest BCUT2D eigenvalue weighted by Crippen LogP contribution is -2.22. The predicted octanol–water partition coefficient (Wildman–Crippen LogP) is 4.82. The summed E-state index contributed by atoms with van der Waals surface area (Å²) in [6.07, 6.45) is 12.4. The number of hydrogen-bond donors (Lipinski definition) is 1. The number of ether oxygens (including phenoxy) is 2. The van der Waals surface area contributed by atoms with E-state index in [1.54, 1.807) is 6.07 Å². The second-order valence-electron chi connectivity index (χ2n) is 6.36. The Morgan fingerprint density at radius 2 is 1.33 bits per heavy atom. The van der Waals surface area contributed by atoms with Gasteiger partial charge in [-0.15, -0.1) is 0 Å². The molecule has 0 aliphatic heterocycles. The van der Waals surface area contributed by atoms with Gasteiger partial charge in [-0.05, 0) is 63.5 Å². The topological polar surface area (TPSA) is 38.7 Å². The highest BCUT2D eigenvalue weighted by Crippen LogP contribution is 2.40. The Hall–Kier alpha value is -1.38. The molecular formula is C18H26O3. The van der Waals surface area contributed by atoms with Crippen LogP contribution in [-0.2, 0) is 0 Å². The highest BCUT2D eigenvalue weighted by Gasteiger charge is 2.22. The molecule has 2 saturated carbocycles. The second kappa shape index (κ2) is 7.06. The van der Waals surface area contributed by atoms with E-state index in [0.29, 0.717) is 11.5 Å². The van der Waals surface area contributed by atoms with Crippen molar-refractivity contribution in [3.63, 3.8) is 0 Å². The first-order valence-corrected chi connectivity index (χ1v) is 8.48. The van der Waals surface area contributed by atoms with Gasteiger partial charge in [-0.1, -0.05) is 18.9 Å². The van der Waals surface area contributed by atoms with Gasteiger partial charge in [0.25, 0.3) is 0 Å². The van der Waals surface area contributed by atoms with Gasteiger partial charge in [0, 0.05) is 0 Å². The molecule has 0 spiro atoms. The van der Waals surface area contributed by atoms with Gasteiger partial charge >= 0.3 is 0 Å². The maximum Gasteiger partial charge on any atom is 0.203 e. The quantitative estimate of drug-likeness (QED) is 0.864. The number of hydrogen-bond acceptors (Lipinski definition) is 3. The smallest absolute Gasteiger partial charge is 0.203 e. The van der Waals surface area contributed by atoms with Gasteiger partial charge in [-0.2, -0.15) is 0 Å². The van der Waals surface area contributed by atoms with Crippen molar-refractivity contribution in [1.82, 2.24) is 0 Å². The van der Waals surface area contributed by atoms with E-state index in [1.807, 2.05) is 12.1 Å². The lowest BCUT2D eigenvalue weighted by molar-refractivity contribution is 0.120. The van der Waals surface area contributed by atoms with Crippen molar-refractivity contribution >= 4 is 0 Å². The number of para-hydroxylation sites is 1. The van der Waals surface area contributed by atoms with Crippen LogP contribution in [0.5, 0.6) is 17.2 Å². The lowest BCUT2D eigenvalue weighted by atomic mass is 9.97. The largest absolute Gasteiger partial charge is 0.504 e. The molecule has 21 heavy (non-hydrogen) atoms. The minimum absolute atomic E-state index is 0.203. The zero-order chi connectivity index (χ0) is 14.5. The first kappa shape index (κ1) is 14.6. The third kappa shape index (κ3) is 3.84. The Morgan fingerprint density at radius 1 is 0.762 bits per heavy atom. The summed E-state index contributed by atoms with van der Waals surface area (Å²) < 4.78 is 12.2. The fourth-order valence-electron chi connectivity index (χ4n) is 3.43. The maximum absolute atomic E-state index is 10.1. The monoisotopic (exact) mass is 290 g/mol. The molecule has 2 aliphatic rings. The Bertz CT molecular complexity index is 446. The van der Waals surface area contributed by atoms with Gasteiger partial charge in [0.2, 0.25) is 5.75 Å². The summed E-state index contributed by atoms with van der Waals surface area (Å²) in [5.41, 5.74) is 0. The minimum Gasteiger partial charge on any atom is -0.504 e. The summed E-state index contributed by atoms with van der Waals surface area (Å²) in [4.78, 5) is 0. The number of benzene rings is 1. The molecular weight excluding hydrogens is 264 g/mol. The molecule has 1 aromatic carbocycles. The Labute approximate surface area is 127 Å². The SMILES string of the molecule is Oc1cccc(OC2CCCCC2)c1OC1CCCCC1. The average molecular weight is 290 g/mol. The first-order valence-electron chi connectivity index (χ1n) is 8.48. The summed E-state index contributed by atoms with van der Waals surface area (Å²) in [7, 11) is 0. The van der Waals surface area contributed by atoms with Crippen LogP contribution in [-0.4, -0.2) is 17.3 Å². The van der Waals surface area contributed by atoms with Crippen LogP contribution in [0.1, 0.15) is 64.2 Å². The van der Waals surface area contributed by atoms with E-state index in [0.717, 1.165) is 25.7 Å². The van der Waals surface area contributed by atoms with Crippen LogP contribution < -0.4 is 9.47 Å². The van der Waals surface area contributed by atoms with E-state index in [4.69, 9.17) is 9.47 Å². The fourth-order valence-corrected chi connectivity index (χ4v) is 3.43. The molecule has 3 heteroatoms. The molecule has 3 rings (SSSR count). The van der Waals surface area contributed by atoms with Crippen molar-refractivity contribution in [2.24, 2.45) is 0 Å². The van der Waals surface area contributed by atoms with E-state index in [1.165, 1.54) is 38.5 Å². The van der Waals surface area contributed by atoms with Crippen molar-refractivity contribution in [3.05, 3.63) is 18.2 Å². The fraction of sp³-hybridized carbons (Fsp3) is 0.667. The van der Waals surface area contributed by atoms with Crippen molar-refractivity contribution in [2.75, 3.05) is 0 Å². The molecule has 2 fully saturated rings. The Balaban J connectivity index is 1.71. The van der Waals surface area contributed by atoms with E-state index >= 15 is 0 Å². The molecule has 0 aromatic heterocycles. The summed E-state index contributed by atoms with van der Waals surface area (Å²) in [6, 6.07) is 5.44. The highest BCUT2D eigenvalue weighted by atomic mass is 16.5. The minimum atomic E-state index is 0.203. The summed E-state index contributed by atoms with van der Waals surface area (Å²) >= 11 is 0. The van der Waals surface area contributed by atoms with Crippen molar-refractivity contribution in [2.45, 2.75) is 76.4 Å². The molecule has 1 N–H and O–H groups in total. The normalized spacial score (nSPS) is 21.1. The van der Waals surface area contributed by atoms with Gasteiger partial charge in [0.05, 0.1) is 12.2 Å². The summed E-state index contributed by atoms with van der Waals surface area (Å²) in [5, 5.41) is 10.1. The summed E-state index contributed by atoms with van der Waals surface area (Å²) in [6.45, 7) is 0. The highest BCUT2D eigenvalue weighted by molar-refractivity contribution is 5.50. The molecule has 0 heterocycles. The predicted molar refractivity (Wildman–Crippen MR) is 83.1 cm³/mol. The third-order valence-electron chi connectivity index (χ3n) is 4.64. The molecule has 1 aromatic rings. The van der Waals surface area contributed by atoms with Crippen LogP contribution in [0.15, 0.2) is 18.2 Å². The molecule has 3 nitrogen and oxygen atoms in total. The van der Waals surface area contributed by atoms with Gasteiger partial charge < -0.3 is 14.6 Å². The molecule has 116 valence electrons. The van der Waals surface area contributed by atoms with Crippen molar-refractivity contribution < 1.29 is 14.6 Å². The van der Waals surface area contributed by atoms with Gasteiger partial charge in [0.15, 0.2) is 11.5 Å². The van der Waals surface area contributed by atoms with Gasteiger partial charge in [0.1, 0.15) is 0 Å². The molecule has 0 amide bonds. The van der Waals surface area contributed by atoms with Crippen LogP contribution in [0.3, 0.4) is 0 Å². The van der Waals surface area contributed by atoms with E-state index in [2.05, 4.69) is 0 Å². The molecule has 2 aliphatic carbocycles. The van der Waals surface area contributed by atoms with Crippen LogP contribution in [0.2, 0.25) is 0 Å². The van der Waals surface area contributed by atoms with Crippen LogP contribution in [0.25, 0.3) is 0 Å². The number of phenolic OH excluding ortho intramolecular Hbond substituents is 1. The van der Waals surface area contributed by atoms with E-state index < -0.39 is 0 Å². The van der Waals surface area contributed by atoms with E-state index in [-0.39, 0.29) is 18.0 Å². The number of rotatable bonds is 4. The lowest BCUT2D eigenvalue weighted by Gasteiger charge is -2.27. The molecule has 0 unspecified atom stereocenters. The Morgan fingerprint density at radius 3 is 1.95 bits per heavy atom. The zero-order valence-corrected chi connectivity index (χ0v) is 12.7. The van der Waals surface area contributed by atoms with Crippen LogP contribution >= 0.6 is 0 Å². The Kier molecular flexibility index (Phi) is 4.89. The van der Waals surface area contributed by atoms with Gasteiger partial charge in [-0.25, -0.2) is 0 Å².